The van der Waals surface area contributed by atoms with Crippen molar-refractivity contribution in [1.29, 1.82) is 0 Å². The molecular weight excluding hydrogens is 457 g/mol. The lowest BCUT2D eigenvalue weighted by molar-refractivity contribution is 0.0963. The number of aliphatic imine (C=N–C) groups is 1. The average Bonchev–Trinajstić information content (AvgIpc) is 3.13. The summed E-state index contributed by atoms with van der Waals surface area (Å²) in [4.78, 5) is 16.3. The Morgan fingerprint density at radius 1 is 1.26 bits per heavy atom. The zero-order valence-corrected chi connectivity index (χ0v) is 18.4. The number of benzene rings is 1. The third kappa shape index (κ3) is 7.16. The van der Waals surface area contributed by atoms with Crippen LogP contribution in [0.15, 0.2) is 35.6 Å². The van der Waals surface area contributed by atoms with Crippen molar-refractivity contribution < 1.29 is 4.79 Å². The standard InChI is InChI=1S/C18H27N7O.HI/c1-4-20-18(22-12-16-24-23-13-25(16)5-2)21-10-9-14-7-6-8-15(11-14)17(26)19-3;/h6-8,11,13H,4-5,9-10,12H2,1-3H3,(H,19,26)(H2,20,21,22);1H. The molecule has 1 aromatic carbocycles. The Balaban J connectivity index is 0.00000364. The molecule has 0 saturated heterocycles. The number of nitrogens with one attached hydrogen (secondary N) is 3. The largest absolute Gasteiger partial charge is 0.357 e. The highest BCUT2D eigenvalue weighted by molar-refractivity contribution is 14.0. The highest BCUT2D eigenvalue weighted by atomic mass is 127. The van der Waals surface area contributed by atoms with E-state index < -0.39 is 0 Å². The fraction of sp³-hybridized carbons (Fsp3) is 0.444. The van der Waals surface area contributed by atoms with Crippen LogP contribution in [0.25, 0.3) is 0 Å². The van der Waals surface area contributed by atoms with Crippen molar-refractivity contribution in [3.63, 3.8) is 0 Å². The van der Waals surface area contributed by atoms with Gasteiger partial charge in [0.25, 0.3) is 5.91 Å². The molecule has 1 heterocycles. The van der Waals surface area contributed by atoms with Gasteiger partial charge in [0, 0.05) is 32.2 Å². The van der Waals surface area contributed by atoms with Gasteiger partial charge in [0.2, 0.25) is 0 Å². The third-order valence-electron chi connectivity index (χ3n) is 3.88. The number of rotatable bonds is 8. The summed E-state index contributed by atoms with van der Waals surface area (Å²) in [6.45, 7) is 6.85. The van der Waals surface area contributed by atoms with E-state index in [4.69, 9.17) is 0 Å². The molecule has 8 nitrogen and oxygen atoms in total. The van der Waals surface area contributed by atoms with E-state index >= 15 is 0 Å². The van der Waals surface area contributed by atoms with Crippen molar-refractivity contribution in [1.82, 2.24) is 30.7 Å². The summed E-state index contributed by atoms with van der Waals surface area (Å²) in [6.07, 6.45) is 2.50. The lowest BCUT2D eigenvalue weighted by Crippen LogP contribution is -2.38. The van der Waals surface area contributed by atoms with Gasteiger partial charge in [0.15, 0.2) is 11.8 Å². The van der Waals surface area contributed by atoms with Crippen LogP contribution >= 0.6 is 24.0 Å². The SMILES string of the molecule is CCNC(=NCc1nncn1CC)NCCc1cccc(C(=O)NC)c1.I. The van der Waals surface area contributed by atoms with Gasteiger partial charge < -0.3 is 20.5 Å². The van der Waals surface area contributed by atoms with Crippen LogP contribution in [-0.4, -0.2) is 46.8 Å². The molecule has 0 radical (unpaired) electrons. The van der Waals surface area contributed by atoms with Gasteiger partial charge in [-0.2, -0.15) is 0 Å². The first-order valence-corrected chi connectivity index (χ1v) is 8.87. The second-order valence-electron chi connectivity index (χ2n) is 5.68. The van der Waals surface area contributed by atoms with Gasteiger partial charge in [-0.25, -0.2) is 4.99 Å². The number of nitrogens with zero attached hydrogens (tertiary/aromatic N) is 4. The topological polar surface area (TPSA) is 96.2 Å². The summed E-state index contributed by atoms with van der Waals surface area (Å²) < 4.78 is 1.97. The Kier molecular flexibility index (Phi) is 10.4. The molecule has 0 saturated carbocycles. The Hall–Kier alpha value is -2.17. The molecule has 2 rings (SSSR count). The molecule has 0 fully saturated rings. The van der Waals surface area contributed by atoms with E-state index in [1.54, 1.807) is 13.4 Å². The molecule has 0 spiro atoms. The van der Waals surface area contributed by atoms with Crippen LogP contribution in [0.2, 0.25) is 0 Å². The van der Waals surface area contributed by atoms with Crippen molar-refractivity contribution in [2.45, 2.75) is 33.4 Å². The molecule has 0 atom stereocenters. The molecule has 3 N–H and O–H groups in total. The van der Waals surface area contributed by atoms with E-state index in [1.807, 2.05) is 42.7 Å². The Morgan fingerprint density at radius 3 is 2.78 bits per heavy atom. The number of amides is 1. The minimum absolute atomic E-state index is 0. The van der Waals surface area contributed by atoms with Crippen LogP contribution in [0.1, 0.15) is 35.6 Å². The molecule has 27 heavy (non-hydrogen) atoms. The molecule has 0 aliphatic heterocycles. The van der Waals surface area contributed by atoms with Gasteiger partial charge in [-0.15, -0.1) is 34.2 Å². The monoisotopic (exact) mass is 485 g/mol. The molecule has 9 heteroatoms. The van der Waals surface area contributed by atoms with Gasteiger partial charge in [-0.3, -0.25) is 4.79 Å². The van der Waals surface area contributed by atoms with E-state index in [0.717, 1.165) is 36.9 Å². The van der Waals surface area contributed by atoms with Crippen LogP contribution in [0.5, 0.6) is 0 Å². The summed E-state index contributed by atoms with van der Waals surface area (Å²) in [5.41, 5.74) is 1.77. The Morgan fingerprint density at radius 2 is 2.07 bits per heavy atom. The first kappa shape index (κ1) is 22.9. The summed E-state index contributed by atoms with van der Waals surface area (Å²) in [5, 5.41) is 17.2. The van der Waals surface area contributed by atoms with Crippen molar-refractivity contribution in [2.75, 3.05) is 20.1 Å². The lowest BCUT2D eigenvalue weighted by atomic mass is 10.1. The Labute approximate surface area is 177 Å². The molecule has 1 aromatic heterocycles. The van der Waals surface area contributed by atoms with Crippen LogP contribution < -0.4 is 16.0 Å². The zero-order valence-electron chi connectivity index (χ0n) is 16.0. The number of guanidine groups is 1. The number of hydrogen-bond donors (Lipinski definition) is 3. The number of hydrogen-bond acceptors (Lipinski definition) is 4. The molecule has 0 unspecified atom stereocenters. The summed E-state index contributed by atoms with van der Waals surface area (Å²) in [5.74, 6) is 1.50. The van der Waals surface area contributed by atoms with Crippen molar-refractivity contribution in [2.24, 2.45) is 4.99 Å². The summed E-state index contributed by atoms with van der Waals surface area (Å²) in [6, 6.07) is 7.64. The first-order valence-electron chi connectivity index (χ1n) is 8.87. The van der Waals surface area contributed by atoms with Crippen molar-refractivity contribution >= 4 is 35.8 Å². The average molecular weight is 485 g/mol. The van der Waals surface area contributed by atoms with Gasteiger partial charge in [0.1, 0.15) is 12.9 Å². The molecule has 2 aromatic rings. The van der Waals surface area contributed by atoms with Gasteiger partial charge >= 0.3 is 0 Å². The molecule has 0 aliphatic rings. The predicted molar refractivity (Wildman–Crippen MR) is 117 cm³/mol. The minimum Gasteiger partial charge on any atom is -0.357 e. The van der Waals surface area contributed by atoms with Gasteiger partial charge in [-0.1, -0.05) is 12.1 Å². The number of halogens is 1. The second kappa shape index (κ2) is 12.3. The summed E-state index contributed by atoms with van der Waals surface area (Å²) >= 11 is 0. The number of carbonyl (C=O) groups is 1. The maximum absolute atomic E-state index is 11.7. The molecule has 148 valence electrons. The van der Waals surface area contributed by atoms with Crippen LogP contribution in [-0.2, 0) is 19.5 Å². The molecule has 0 bridgehead atoms. The second-order valence-corrected chi connectivity index (χ2v) is 5.68. The van der Waals surface area contributed by atoms with E-state index in [1.165, 1.54) is 0 Å². The highest BCUT2D eigenvalue weighted by Crippen LogP contribution is 2.05. The number of carbonyl (C=O) groups excluding carboxylic acids is 1. The number of aryl methyl sites for hydroxylation is 1. The normalized spacial score (nSPS) is 10.9. The van der Waals surface area contributed by atoms with E-state index in [2.05, 4.69) is 31.1 Å². The van der Waals surface area contributed by atoms with Crippen LogP contribution in [0.4, 0.5) is 0 Å². The van der Waals surface area contributed by atoms with Gasteiger partial charge in [0.05, 0.1) is 0 Å². The van der Waals surface area contributed by atoms with Gasteiger partial charge in [-0.05, 0) is 38.0 Å². The van der Waals surface area contributed by atoms with E-state index in [-0.39, 0.29) is 29.9 Å². The maximum Gasteiger partial charge on any atom is 0.251 e. The lowest BCUT2D eigenvalue weighted by Gasteiger charge is -2.11. The molecule has 1 amide bonds. The minimum atomic E-state index is -0.0743. The van der Waals surface area contributed by atoms with Crippen LogP contribution in [0, 0.1) is 0 Å². The van der Waals surface area contributed by atoms with E-state index in [9.17, 15) is 4.79 Å². The fourth-order valence-electron chi connectivity index (χ4n) is 2.49. The third-order valence-corrected chi connectivity index (χ3v) is 3.88. The van der Waals surface area contributed by atoms with Crippen molar-refractivity contribution in [3.8, 4) is 0 Å². The number of aromatic nitrogens is 3. The van der Waals surface area contributed by atoms with Crippen molar-refractivity contribution in [3.05, 3.63) is 47.5 Å². The Bertz CT molecular complexity index is 745. The maximum atomic E-state index is 11.7. The quantitative estimate of drug-likeness (QED) is 0.300. The molecule has 0 aliphatic carbocycles. The predicted octanol–water partition coefficient (Wildman–Crippen LogP) is 1.57. The molecular formula is C18H28IN7O. The zero-order chi connectivity index (χ0) is 18.8. The smallest absolute Gasteiger partial charge is 0.251 e. The highest BCUT2D eigenvalue weighted by Gasteiger charge is 2.05. The van der Waals surface area contributed by atoms with Crippen LogP contribution in [0.3, 0.4) is 0 Å². The fourth-order valence-corrected chi connectivity index (χ4v) is 2.49. The first-order chi connectivity index (χ1) is 12.7. The summed E-state index contributed by atoms with van der Waals surface area (Å²) in [7, 11) is 1.63. The van der Waals surface area contributed by atoms with E-state index in [0.29, 0.717) is 18.7 Å².